The summed E-state index contributed by atoms with van der Waals surface area (Å²) in [5.41, 5.74) is 2.62. The molecule has 0 radical (unpaired) electrons. The number of rotatable bonds is 8. The Kier molecular flexibility index (Phi) is 6.82. The summed E-state index contributed by atoms with van der Waals surface area (Å²) in [5, 5.41) is 26.6. The molecule has 3 heterocycles. The number of nitrogens with zero attached hydrogens (tertiary/aromatic N) is 6. The summed E-state index contributed by atoms with van der Waals surface area (Å²) in [4.78, 5) is 23.7. The Morgan fingerprint density at radius 2 is 2.08 bits per heavy atom. The third kappa shape index (κ3) is 5.16. The number of nitrogens with one attached hydrogen (secondary N) is 1. The molecule has 1 aliphatic heterocycles. The van der Waals surface area contributed by atoms with Crippen LogP contribution in [0.15, 0.2) is 42.9 Å². The van der Waals surface area contributed by atoms with Gasteiger partial charge in [-0.3, -0.25) is 9.48 Å². The molecule has 1 amide bonds. The van der Waals surface area contributed by atoms with Crippen molar-refractivity contribution >= 4 is 17.5 Å². The zero-order valence-corrected chi connectivity index (χ0v) is 20.2. The van der Waals surface area contributed by atoms with E-state index in [2.05, 4.69) is 26.5 Å². The SMILES string of the molecule is COc1cnc(Nc2cccc(C(=O)N3CCC(O)CC3)c2)nc1-c1cnn(C(CC#N)C2CC2)c1. The van der Waals surface area contributed by atoms with Crippen molar-refractivity contribution in [2.24, 2.45) is 5.92 Å². The molecule has 0 spiro atoms. The van der Waals surface area contributed by atoms with Crippen molar-refractivity contribution in [2.75, 3.05) is 25.5 Å². The topological polar surface area (TPSA) is 129 Å². The van der Waals surface area contributed by atoms with Crippen LogP contribution in [0, 0.1) is 17.2 Å². The smallest absolute Gasteiger partial charge is 0.253 e. The number of aromatic nitrogens is 4. The van der Waals surface area contributed by atoms with Gasteiger partial charge in [-0.05, 0) is 49.8 Å². The van der Waals surface area contributed by atoms with Gasteiger partial charge in [0.1, 0.15) is 5.69 Å². The Morgan fingerprint density at radius 3 is 2.81 bits per heavy atom. The second-order valence-corrected chi connectivity index (χ2v) is 9.32. The summed E-state index contributed by atoms with van der Waals surface area (Å²) in [7, 11) is 1.57. The average Bonchev–Trinajstić information content (AvgIpc) is 3.63. The number of amides is 1. The molecule has 2 fully saturated rings. The number of carbonyl (C=O) groups excluding carboxylic acids is 1. The average molecular weight is 488 g/mol. The van der Waals surface area contributed by atoms with Crippen LogP contribution in [-0.2, 0) is 0 Å². The Balaban J connectivity index is 1.35. The molecular weight excluding hydrogens is 458 g/mol. The second-order valence-electron chi connectivity index (χ2n) is 9.32. The molecule has 1 aromatic carbocycles. The van der Waals surface area contributed by atoms with Crippen LogP contribution < -0.4 is 10.1 Å². The first-order valence-corrected chi connectivity index (χ1v) is 12.2. The Labute approximate surface area is 209 Å². The van der Waals surface area contributed by atoms with Crippen LogP contribution in [0.25, 0.3) is 11.3 Å². The third-order valence-electron chi connectivity index (χ3n) is 6.77. The van der Waals surface area contributed by atoms with E-state index in [9.17, 15) is 15.2 Å². The molecule has 1 saturated heterocycles. The minimum Gasteiger partial charge on any atom is -0.493 e. The van der Waals surface area contributed by atoms with Crippen LogP contribution in [0.5, 0.6) is 5.75 Å². The van der Waals surface area contributed by atoms with Gasteiger partial charge in [0.15, 0.2) is 5.75 Å². The number of aliphatic hydroxyl groups excluding tert-OH is 1. The number of piperidine rings is 1. The van der Waals surface area contributed by atoms with E-state index in [4.69, 9.17) is 4.74 Å². The molecule has 1 unspecified atom stereocenters. The molecule has 1 atom stereocenters. The molecule has 5 rings (SSSR count). The maximum Gasteiger partial charge on any atom is 0.253 e. The summed E-state index contributed by atoms with van der Waals surface area (Å²) in [6.07, 6.45) is 8.76. The number of likely N-dealkylation sites (tertiary alicyclic amines) is 1. The van der Waals surface area contributed by atoms with E-state index in [0.29, 0.717) is 66.9 Å². The number of ether oxygens (including phenoxy) is 1. The van der Waals surface area contributed by atoms with Crippen molar-refractivity contribution in [3.05, 3.63) is 48.4 Å². The fourth-order valence-corrected chi connectivity index (χ4v) is 4.59. The Morgan fingerprint density at radius 1 is 1.28 bits per heavy atom. The predicted molar refractivity (Wildman–Crippen MR) is 133 cm³/mol. The number of anilines is 2. The summed E-state index contributed by atoms with van der Waals surface area (Å²) < 4.78 is 7.36. The van der Waals surface area contributed by atoms with Crippen LogP contribution in [0.1, 0.15) is 48.5 Å². The van der Waals surface area contributed by atoms with Gasteiger partial charge in [0, 0.05) is 36.1 Å². The lowest BCUT2D eigenvalue weighted by atomic mass is 10.1. The van der Waals surface area contributed by atoms with Gasteiger partial charge in [-0.15, -0.1) is 0 Å². The fourth-order valence-electron chi connectivity index (χ4n) is 4.59. The number of aliphatic hydroxyl groups is 1. The first-order valence-electron chi connectivity index (χ1n) is 12.2. The quantitative estimate of drug-likeness (QED) is 0.493. The summed E-state index contributed by atoms with van der Waals surface area (Å²) in [5.74, 6) is 1.31. The van der Waals surface area contributed by atoms with E-state index in [0.717, 1.165) is 18.4 Å². The highest BCUT2D eigenvalue weighted by molar-refractivity contribution is 5.95. The number of benzene rings is 1. The molecule has 2 aromatic heterocycles. The highest BCUT2D eigenvalue weighted by Crippen LogP contribution is 2.41. The molecule has 0 bridgehead atoms. The zero-order valence-electron chi connectivity index (χ0n) is 20.2. The van der Waals surface area contributed by atoms with Crippen molar-refractivity contribution in [1.82, 2.24) is 24.6 Å². The van der Waals surface area contributed by atoms with Crippen molar-refractivity contribution < 1.29 is 14.6 Å². The first-order chi connectivity index (χ1) is 17.6. The molecule has 1 saturated carbocycles. The standard InChI is InChI=1S/C26H29N7O3/c1-36-23-15-28-26(31-24(23)19-14-29-33(16-19)22(7-10-27)17-5-6-17)30-20-4-2-3-18(13-20)25(35)32-11-8-21(34)9-12-32/h2-4,13-17,21-22,34H,5-9,11-12H2,1H3,(H,28,30,31). The second kappa shape index (κ2) is 10.3. The van der Waals surface area contributed by atoms with Crippen LogP contribution >= 0.6 is 0 Å². The Bertz CT molecular complexity index is 1270. The minimum absolute atomic E-state index is 0.0584. The number of hydrogen-bond acceptors (Lipinski definition) is 8. The van der Waals surface area contributed by atoms with E-state index in [1.54, 1.807) is 36.5 Å². The molecule has 36 heavy (non-hydrogen) atoms. The highest BCUT2D eigenvalue weighted by atomic mass is 16.5. The highest BCUT2D eigenvalue weighted by Gasteiger charge is 2.33. The van der Waals surface area contributed by atoms with Crippen molar-refractivity contribution in [3.8, 4) is 23.1 Å². The maximum atomic E-state index is 12.9. The Hall–Kier alpha value is -3.97. The molecule has 2 N–H and O–H groups in total. The van der Waals surface area contributed by atoms with Gasteiger partial charge in [0.05, 0.1) is 44.1 Å². The maximum absolute atomic E-state index is 12.9. The lowest BCUT2D eigenvalue weighted by Crippen LogP contribution is -2.40. The van der Waals surface area contributed by atoms with Gasteiger partial charge < -0.3 is 20.1 Å². The van der Waals surface area contributed by atoms with Crippen molar-refractivity contribution in [3.63, 3.8) is 0 Å². The van der Waals surface area contributed by atoms with Crippen molar-refractivity contribution in [2.45, 2.75) is 44.2 Å². The van der Waals surface area contributed by atoms with E-state index < -0.39 is 0 Å². The molecule has 1 aliphatic carbocycles. The van der Waals surface area contributed by atoms with Gasteiger partial charge in [-0.2, -0.15) is 10.4 Å². The number of nitriles is 1. The normalized spacial score (nSPS) is 16.9. The molecule has 186 valence electrons. The first kappa shape index (κ1) is 23.8. The molecule has 10 nitrogen and oxygen atoms in total. The largest absolute Gasteiger partial charge is 0.493 e. The lowest BCUT2D eigenvalue weighted by Gasteiger charge is -2.29. The number of methoxy groups -OCH3 is 1. The zero-order chi connectivity index (χ0) is 25.1. The summed E-state index contributed by atoms with van der Waals surface area (Å²) in [6.45, 7) is 1.10. The van der Waals surface area contributed by atoms with Crippen LogP contribution in [-0.4, -0.2) is 62.0 Å². The van der Waals surface area contributed by atoms with E-state index in [1.807, 2.05) is 23.0 Å². The van der Waals surface area contributed by atoms with Crippen LogP contribution in [0.2, 0.25) is 0 Å². The van der Waals surface area contributed by atoms with Gasteiger partial charge >= 0.3 is 0 Å². The summed E-state index contributed by atoms with van der Waals surface area (Å²) in [6, 6.07) is 9.57. The van der Waals surface area contributed by atoms with E-state index in [1.165, 1.54) is 0 Å². The third-order valence-corrected chi connectivity index (χ3v) is 6.77. The minimum atomic E-state index is -0.332. The van der Waals surface area contributed by atoms with E-state index >= 15 is 0 Å². The van der Waals surface area contributed by atoms with Gasteiger partial charge in [0.25, 0.3) is 5.91 Å². The monoisotopic (exact) mass is 487 g/mol. The number of carbonyl (C=O) groups is 1. The van der Waals surface area contributed by atoms with Crippen LogP contribution in [0.4, 0.5) is 11.6 Å². The van der Waals surface area contributed by atoms with Gasteiger partial charge in [-0.25, -0.2) is 9.97 Å². The summed E-state index contributed by atoms with van der Waals surface area (Å²) >= 11 is 0. The van der Waals surface area contributed by atoms with Gasteiger partial charge in [-0.1, -0.05) is 6.07 Å². The number of hydrogen-bond donors (Lipinski definition) is 2. The molecule has 2 aliphatic rings. The predicted octanol–water partition coefficient (Wildman–Crippen LogP) is 3.55. The molecule has 10 heteroatoms. The van der Waals surface area contributed by atoms with Crippen LogP contribution in [0.3, 0.4) is 0 Å². The molecular formula is C26H29N7O3. The van der Waals surface area contributed by atoms with Crippen molar-refractivity contribution in [1.29, 1.82) is 5.26 Å². The van der Waals surface area contributed by atoms with E-state index in [-0.39, 0.29) is 18.1 Å². The lowest BCUT2D eigenvalue weighted by molar-refractivity contribution is 0.0546. The van der Waals surface area contributed by atoms with Gasteiger partial charge in [0.2, 0.25) is 5.95 Å². The molecule has 3 aromatic rings. The fraction of sp³-hybridized carbons (Fsp3) is 0.423.